The summed E-state index contributed by atoms with van der Waals surface area (Å²) in [7, 11) is 0. The van der Waals surface area contributed by atoms with Crippen molar-refractivity contribution in [2.75, 3.05) is 19.6 Å². The molecule has 0 radical (unpaired) electrons. The number of rotatable bonds is 3. The summed E-state index contributed by atoms with van der Waals surface area (Å²) in [6, 6.07) is 8.56. The number of hydrogen-bond acceptors (Lipinski definition) is 3. The third kappa shape index (κ3) is 3.61. The third-order valence-electron chi connectivity index (χ3n) is 6.12. The molecule has 1 aromatic rings. The number of piperidine rings is 2. The van der Waals surface area contributed by atoms with Crippen LogP contribution in [0.5, 0.6) is 5.75 Å². The lowest BCUT2D eigenvalue weighted by Gasteiger charge is -2.47. The van der Waals surface area contributed by atoms with Gasteiger partial charge in [0.15, 0.2) is 0 Å². The molecule has 1 saturated carbocycles. The Kier molecular flexibility index (Phi) is 4.59. The number of carbonyl (C=O) groups excluding carboxylic acids is 1. The monoisotopic (exact) mass is 343 g/mol. The van der Waals surface area contributed by atoms with E-state index in [9.17, 15) is 9.90 Å². The van der Waals surface area contributed by atoms with Crippen molar-refractivity contribution in [3.63, 3.8) is 0 Å². The zero-order chi connectivity index (χ0) is 17.4. The molecular weight excluding hydrogens is 314 g/mol. The highest BCUT2D eigenvalue weighted by molar-refractivity contribution is 5.74. The van der Waals surface area contributed by atoms with E-state index in [-0.39, 0.29) is 17.8 Å². The van der Waals surface area contributed by atoms with Gasteiger partial charge in [-0.15, -0.1) is 0 Å². The number of carbonyl (C=O) groups is 1. The van der Waals surface area contributed by atoms with E-state index in [4.69, 9.17) is 0 Å². The van der Waals surface area contributed by atoms with Crippen LogP contribution in [0.25, 0.3) is 0 Å². The minimum Gasteiger partial charge on any atom is -0.508 e. The summed E-state index contributed by atoms with van der Waals surface area (Å²) in [6.07, 6.45) is 6.37. The summed E-state index contributed by atoms with van der Waals surface area (Å²) in [5.41, 5.74) is 0.931. The Labute approximate surface area is 150 Å². The SMILES string of the molecule is C[C@H](NC(=O)N1CC[C@@H]2[C@@H](CCCN2C2CC2)C1)c1cccc(O)c1. The Balaban J connectivity index is 1.35. The van der Waals surface area contributed by atoms with E-state index >= 15 is 0 Å². The van der Waals surface area contributed by atoms with E-state index in [1.54, 1.807) is 12.1 Å². The molecule has 2 saturated heterocycles. The van der Waals surface area contributed by atoms with Gasteiger partial charge in [0.1, 0.15) is 5.75 Å². The zero-order valence-corrected chi connectivity index (χ0v) is 15.0. The van der Waals surface area contributed by atoms with Crippen molar-refractivity contribution < 1.29 is 9.90 Å². The van der Waals surface area contributed by atoms with Crippen molar-refractivity contribution in [3.05, 3.63) is 29.8 Å². The number of fused-ring (bicyclic) bond motifs is 1. The van der Waals surface area contributed by atoms with Gasteiger partial charge in [-0.1, -0.05) is 12.1 Å². The molecule has 2 aliphatic heterocycles. The zero-order valence-electron chi connectivity index (χ0n) is 15.0. The first kappa shape index (κ1) is 16.7. The maximum absolute atomic E-state index is 12.7. The first-order valence-corrected chi connectivity index (χ1v) is 9.72. The average Bonchev–Trinajstić information content (AvgIpc) is 3.45. The lowest BCUT2D eigenvalue weighted by atomic mass is 9.83. The Hall–Kier alpha value is -1.75. The Morgan fingerprint density at radius 1 is 1.24 bits per heavy atom. The van der Waals surface area contributed by atoms with E-state index in [2.05, 4.69) is 10.2 Å². The minimum atomic E-state index is -0.105. The largest absolute Gasteiger partial charge is 0.508 e. The van der Waals surface area contributed by atoms with Gasteiger partial charge in [0, 0.05) is 25.2 Å². The highest BCUT2D eigenvalue weighted by Crippen LogP contribution is 2.38. The fourth-order valence-electron chi connectivity index (χ4n) is 4.64. The van der Waals surface area contributed by atoms with Crippen molar-refractivity contribution in [2.24, 2.45) is 5.92 Å². The van der Waals surface area contributed by atoms with Gasteiger partial charge in [0.25, 0.3) is 0 Å². The number of nitrogens with one attached hydrogen (secondary N) is 1. The standard InChI is InChI=1S/C20H29N3O2/c1-14(15-4-2-6-18(24)12-15)21-20(25)22-11-9-19-16(13-22)5-3-10-23(19)17-7-8-17/h2,4,6,12,14,16-17,19,24H,3,5,7-11,13H2,1H3,(H,21,25)/t14-,16-,19+/m0/s1. The third-order valence-corrected chi connectivity index (χ3v) is 6.12. The predicted octanol–water partition coefficient (Wildman–Crippen LogP) is 3.11. The second-order valence-electron chi connectivity index (χ2n) is 7.94. The van der Waals surface area contributed by atoms with Crippen LogP contribution in [0, 0.1) is 5.92 Å². The molecule has 3 fully saturated rings. The second kappa shape index (κ2) is 6.87. The van der Waals surface area contributed by atoms with Crippen LogP contribution in [-0.2, 0) is 0 Å². The van der Waals surface area contributed by atoms with Crippen LogP contribution in [-0.4, -0.2) is 52.7 Å². The van der Waals surface area contributed by atoms with Gasteiger partial charge >= 0.3 is 6.03 Å². The molecule has 5 nitrogen and oxygen atoms in total. The molecule has 4 rings (SSSR count). The van der Waals surface area contributed by atoms with E-state index in [1.807, 2.05) is 24.0 Å². The molecule has 1 aliphatic carbocycles. The van der Waals surface area contributed by atoms with Crippen LogP contribution in [0.3, 0.4) is 0 Å². The average molecular weight is 343 g/mol. The number of nitrogens with zero attached hydrogens (tertiary/aromatic N) is 2. The van der Waals surface area contributed by atoms with E-state index in [0.29, 0.717) is 12.0 Å². The molecule has 0 unspecified atom stereocenters. The molecule has 0 bridgehead atoms. The van der Waals surface area contributed by atoms with Gasteiger partial charge in [-0.25, -0.2) is 4.79 Å². The van der Waals surface area contributed by atoms with Gasteiger partial charge in [0.05, 0.1) is 6.04 Å². The Morgan fingerprint density at radius 3 is 2.84 bits per heavy atom. The van der Waals surface area contributed by atoms with Gasteiger partial charge < -0.3 is 15.3 Å². The molecule has 25 heavy (non-hydrogen) atoms. The lowest BCUT2D eigenvalue weighted by molar-refractivity contribution is 0.0292. The molecule has 3 atom stereocenters. The van der Waals surface area contributed by atoms with Gasteiger partial charge in [-0.2, -0.15) is 0 Å². The fourth-order valence-corrected chi connectivity index (χ4v) is 4.64. The molecule has 136 valence electrons. The predicted molar refractivity (Wildman–Crippen MR) is 97.5 cm³/mol. The number of urea groups is 1. The molecule has 2 N–H and O–H groups in total. The van der Waals surface area contributed by atoms with Crippen LogP contribution in [0.1, 0.15) is 50.6 Å². The summed E-state index contributed by atoms with van der Waals surface area (Å²) in [4.78, 5) is 17.4. The Morgan fingerprint density at radius 2 is 2.08 bits per heavy atom. The van der Waals surface area contributed by atoms with Crippen LogP contribution >= 0.6 is 0 Å². The number of hydrogen-bond donors (Lipinski definition) is 2. The number of likely N-dealkylation sites (tertiary alicyclic amines) is 2. The normalized spacial score (nSPS) is 28.3. The molecule has 0 aromatic heterocycles. The van der Waals surface area contributed by atoms with Gasteiger partial charge in [0.2, 0.25) is 0 Å². The summed E-state index contributed by atoms with van der Waals surface area (Å²) in [5, 5.41) is 12.7. The highest BCUT2D eigenvalue weighted by atomic mass is 16.3. The van der Waals surface area contributed by atoms with Gasteiger partial charge in [-0.05, 0) is 69.2 Å². The van der Waals surface area contributed by atoms with Gasteiger partial charge in [-0.3, -0.25) is 4.90 Å². The number of amides is 2. The highest BCUT2D eigenvalue weighted by Gasteiger charge is 2.42. The van der Waals surface area contributed by atoms with Crippen LogP contribution < -0.4 is 5.32 Å². The number of benzene rings is 1. The number of phenolic OH excluding ortho intramolecular Hbond substituents is 1. The maximum Gasteiger partial charge on any atom is 0.317 e. The number of phenols is 1. The van der Waals surface area contributed by atoms with Crippen molar-refractivity contribution in [1.29, 1.82) is 0 Å². The van der Waals surface area contributed by atoms with Crippen molar-refractivity contribution in [3.8, 4) is 5.75 Å². The summed E-state index contributed by atoms with van der Waals surface area (Å²) < 4.78 is 0. The van der Waals surface area contributed by atoms with Crippen LogP contribution in [0.4, 0.5) is 4.79 Å². The maximum atomic E-state index is 12.7. The minimum absolute atomic E-state index is 0.0258. The topological polar surface area (TPSA) is 55.8 Å². The summed E-state index contributed by atoms with van der Waals surface area (Å²) in [5.74, 6) is 0.867. The molecular formula is C20H29N3O2. The van der Waals surface area contributed by atoms with Crippen molar-refractivity contribution >= 4 is 6.03 Å². The van der Waals surface area contributed by atoms with Crippen molar-refractivity contribution in [1.82, 2.24) is 15.1 Å². The Bertz CT molecular complexity index is 631. The first-order chi connectivity index (χ1) is 12.1. The van der Waals surface area contributed by atoms with E-state index < -0.39 is 0 Å². The van der Waals surface area contributed by atoms with Crippen LogP contribution in [0.15, 0.2) is 24.3 Å². The van der Waals surface area contributed by atoms with E-state index in [1.165, 1.54) is 32.2 Å². The van der Waals surface area contributed by atoms with E-state index in [0.717, 1.165) is 31.1 Å². The summed E-state index contributed by atoms with van der Waals surface area (Å²) >= 11 is 0. The molecule has 1 aromatic carbocycles. The molecule has 5 heteroatoms. The summed E-state index contributed by atoms with van der Waals surface area (Å²) in [6.45, 7) is 4.96. The molecule has 2 amide bonds. The number of aromatic hydroxyl groups is 1. The molecule has 2 heterocycles. The van der Waals surface area contributed by atoms with Crippen molar-refractivity contribution in [2.45, 2.75) is 57.2 Å². The quantitative estimate of drug-likeness (QED) is 0.887. The first-order valence-electron chi connectivity index (χ1n) is 9.72. The fraction of sp³-hybridized carbons (Fsp3) is 0.650. The lowest BCUT2D eigenvalue weighted by Crippen LogP contribution is -2.57. The molecule has 3 aliphatic rings. The molecule has 0 spiro atoms. The van der Waals surface area contributed by atoms with Crippen LogP contribution in [0.2, 0.25) is 0 Å². The second-order valence-corrected chi connectivity index (χ2v) is 7.94. The smallest absolute Gasteiger partial charge is 0.317 e.